The summed E-state index contributed by atoms with van der Waals surface area (Å²) in [5, 5.41) is 9.14. The molecule has 0 saturated heterocycles. The highest BCUT2D eigenvalue weighted by Crippen LogP contribution is 2.35. The van der Waals surface area contributed by atoms with E-state index in [1.165, 1.54) is 14.0 Å². The lowest BCUT2D eigenvalue weighted by Crippen LogP contribution is -1.99. The molecule has 110 valence electrons. The second-order valence-corrected chi connectivity index (χ2v) is 5.36. The second-order valence-electron chi connectivity index (χ2n) is 4.44. The van der Waals surface area contributed by atoms with Gasteiger partial charge in [0.2, 0.25) is 0 Å². The van der Waals surface area contributed by atoms with Gasteiger partial charge < -0.3 is 14.6 Å². The van der Waals surface area contributed by atoms with Crippen LogP contribution in [0.5, 0.6) is 17.2 Å². The number of aliphatic hydroxyl groups is 1. The number of hydrogen-bond donors (Lipinski definition) is 1. The number of hydrogen-bond acceptors (Lipinski definition) is 4. The number of rotatable bonds is 5. The summed E-state index contributed by atoms with van der Waals surface area (Å²) in [6, 6.07) is 10.4. The molecule has 0 unspecified atom stereocenters. The van der Waals surface area contributed by atoms with Crippen molar-refractivity contribution in [3.05, 3.63) is 52.0 Å². The van der Waals surface area contributed by atoms with Crippen LogP contribution in [-0.2, 0) is 6.61 Å². The second kappa shape index (κ2) is 6.74. The van der Waals surface area contributed by atoms with E-state index in [1.54, 1.807) is 36.4 Å². The van der Waals surface area contributed by atoms with E-state index >= 15 is 0 Å². The van der Waals surface area contributed by atoms with E-state index in [2.05, 4.69) is 15.9 Å². The topological polar surface area (TPSA) is 55.8 Å². The van der Waals surface area contributed by atoms with Crippen molar-refractivity contribution in [3.63, 3.8) is 0 Å². The van der Waals surface area contributed by atoms with E-state index in [1.807, 2.05) is 0 Å². The SMILES string of the molecule is COc1cc(CO)ccc1Oc1ccc(Br)cc1C(C)=O. The number of aliphatic hydroxyl groups excluding tert-OH is 1. The third kappa shape index (κ3) is 3.62. The Bertz CT molecular complexity index is 667. The summed E-state index contributed by atoms with van der Waals surface area (Å²) in [4.78, 5) is 11.7. The Balaban J connectivity index is 2.40. The molecule has 1 N–H and O–H groups in total. The molecule has 0 saturated carbocycles. The molecule has 0 aliphatic heterocycles. The van der Waals surface area contributed by atoms with Crippen LogP contribution in [0.15, 0.2) is 40.9 Å². The van der Waals surface area contributed by atoms with Crippen molar-refractivity contribution >= 4 is 21.7 Å². The Hall–Kier alpha value is -1.85. The van der Waals surface area contributed by atoms with Crippen molar-refractivity contribution in [1.29, 1.82) is 0 Å². The molecular formula is C16H15BrO4. The van der Waals surface area contributed by atoms with Crippen LogP contribution in [0, 0.1) is 0 Å². The number of carbonyl (C=O) groups excluding carboxylic acids is 1. The van der Waals surface area contributed by atoms with E-state index in [0.717, 1.165) is 10.0 Å². The molecule has 0 radical (unpaired) electrons. The predicted octanol–water partition coefficient (Wildman–Crippen LogP) is 3.94. The molecule has 2 rings (SSSR count). The number of halogens is 1. The Morgan fingerprint density at radius 3 is 2.48 bits per heavy atom. The van der Waals surface area contributed by atoms with Crippen molar-refractivity contribution in [3.8, 4) is 17.2 Å². The van der Waals surface area contributed by atoms with Crippen molar-refractivity contribution in [1.82, 2.24) is 0 Å². The maximum absolute atomic E-state index is 11.7. The lowest BCUT2D eigenvalue weighted by molar-refractivity contribution is 0.101. The van der Waals surface area contributed by atoms with Gasteiger partial charge in [0.15, 0.2) is 17.3 Å². The van der Waals surface area contributed by atoms with Gasteiger partial charge in [-0.25, -0.2) is 0 Å². The van der Waals surface area contributed by atoms with E-state index in [9.17, 15) is 4.79 Å². The van der Waals surface area contributed by atoms with Crippen LogP contribution in [0.1, 0.15) is 22.8 Å². The molecule has 0 fully saturated rings. The summed E-state index contributed by atoms with van der Waals surface area (Å²) in [6.45, 7) is 1.41. The van der Waals surface area contributed by atoms with Crippen molar-refractivity contribution in [2.45, 2.75) is 13.5 Å². The average Bonchev–Trinajstić information content (AvgIpc) is 2.49. The molecule has 4 nitrogen and oxygen atoms in total. The van der Waals surface area contributed by atoms with Gasteiger partial charge >= 0.3 is 0 Å². The van der Waals surface area contributed by atoms with E-state index in [0.29, 0.717) is 22.8 Å². The summed E-state index contributed by atoms with van der Waals surface area (Å²) in [7, 11) is 1.52. The Morgan fingerprint density at radius 1 is 1.14 bits per heavy atom. The number of benzene rings is 2. The molecule has 2 aromatic rings. The molecule has 2 aromatic carbocycles. The molecule has 0 heterocycles. The molecule has 21 heavy (non-hydrogen) atoms. The lowest BCUT2D eigenvalue weighted by atomic mass is 10.1. The first-order valence-electron chi connectivity index (χ1n) is 6.31. The Morgan fingerprint density at radius 2 is 1.86 bits per heavy atom. The smallest absolute Gasteiger partial charge is 0.169 e. The first-order valence-corrected chi connectivity index (χ1v) is 7.10. The molecule has 0 bridgehead atoms. The number of methoxy groups -OCH3 is 1. The van der Waals surface area contributed by atoms with Gasteiger partial charge in [-0.3, -0.25) is 4.79 Å². The maximum Gasteiger partial charge on any atom is 0.169 e. The largest absolute Gasteiger partial charge is 0.493 e. The monoisotopic (exact) mass is 350 g/mol. The number of ketones is 1. The summed E-state index contributed by atoms with van der Waals surface area (Å²) < 4.78 is 11.9. The molecule has 0 aromatic heterocycles. The number of carbonyl (C=O) groups is 1. The third-order valence-electron chi connectivity index (χ3n) is 2.95. The highest BCUT2D eigenvalue weighted by molar-refractivity contribution is 9.10. The normalized spacial score (nSPS) is 10.3. The van der Waals surface area contributed by atoms with Crippen LogP contribution < -0.4 is 9.47 Å². The summed E-state index contributed by atoms with van der Waals surface area (Å²) in [6.07, 6.45) is 0. The van der Waals surface area contributed by atoms with Crippen LogP contribution in [-0.4, -0.2) is 18.0 Å². The minimum absolute atomic E-state index is 0.0758. The van der Waals surface area contributed by atoms with E-state index in [4.69, 9.17) is 14.6 Å². The fourth-order valence-corrected chi connectivity index (χ4v) is 2.24. The highest BCUT2D eigenvalue weighted by Gasteiger charge is 2.13. The van der Waals surface area contributed by atoms with Crippen LogP contribution in [0.25, 0.3) is 0 Å². The minimum Gasteiger partial charge on any atom is -0.493 e. The van der Waals surface area contributed by atoms with Gasteiger partial charge in [-0.15, -0.1) is 0 Å². The van der Waals surface area contributed by atoms with Gasteiger partial charge in [0.25, 0.3) is 0 Å². The van der Waals surface area contributed by atoms with Gasteiger partial charge in [0.1, 0.15) is 5.75 Å². The quantitative estimate of drug-likeness (QED) is 0.829. The van der Waals surface area contributed by atoms with Gasteiger partial charge in [0, 0.05) is 4.47 Å². The summed E-state index contributed by atoms with van der Waals surface area (Å²) in [5.41, 5.74) is 1.21. The van der Waals surface area contributed by atoms with Crippen LogP contribution in [0.3, 0.4) is 0 Å². The molecule has 0 aliphatic rings. The maximum atomic E-state index is 11.7. The Labute approximate surface area is 131 Å². The van der Waals surface area contributed by atoms with E-state index < -0.39 is 0 Å². The molecule has 0 spiro atoms. The fraction of sp³-hybridized carbons (Fsp3) is 0.188. The first kappa shape index (κ1) is 15.5. The van der Waals surface area contributed by atoms with Gasteiger partial charge in [-0.1, -0.05) is 22.0 Å². The Kier molecular flexibility index (Phi) is 4.98. The van der Waals surface area contributed by atoms with Crippen LogP contribution >= 0.6 is 15.9 Å². The number of ether oxygens (including phenoxy) is 2. The molecule has 0 atom stereocenters. The molecular weight excluding hydrogens is 336 g/mol. The van der Waals surface area contributed by atoms with Gasteiger partial charge in [0.05, 0.1) is 19.3 Å². The first-order chi connectivity index (χ1) is 10.0. The minimum atomic E-state index is -0.0859. The average molecular weight is 351 g/mol. The summed E-state index contributed by atoms with van der Waals surface area (Å²) in [5.74, 6) is 1.36. The zero-order chi connectivity index (χ0) is 15.4. The van der Waals surface area contributed by atoms with Crippen molar-refractivity contribution in [2.75, 3.05) is 7.11 Å². The van der Waals surface area contributed by atoms with Gasteiger partial charge in [-0.2, -0.15) is 0 Å². The number of Topliss-reactive ketones (excluding diaryl/α,β-unsaturated/α-hetero) is 1. The molecule has 0 amide bonds. The molecule has 0 aliphatic carbocycles. The fourth-order valence-electron chi connectivity index (χ4n) is 1.88. The summed E-state index contributed by atoms with van der Waals surface area (Å²) >= 11 is 3.34. The third-order valence-corrected chi connectivity index (χ3v) is 3.44. The van der Waals surface area contributed by atoms with Crippen molar-refractivity contribution in [2.24, 2.45) is 0 Å². The lowest BCUT2D eigenvalue weighted by Gasteiger charge is -2.13. The van der Waals surface area contributed by atoms with Crippen LogP contribution in [0.2, 0.25) is 0 Å². The zero-order valence-electron chi connectivity index (χ0n) is 11.7. The molecule has 5 heteroatoms. The highest BCUT2D eigenvalue weighted by atomic mass is 79.9. The van der Waals surface area contributed by atoms with Crippen molar-refractivity contribution < 1.29 is 19.4 Å². The van der Waals surface area contributed by atoms with Gasteiger partial charge in [-0.05, 0) is 42.8 Å². The van der Waals surface area contributed by atoms with E-state index in [-0.39, 0.29) is 12.4 Å². The van der Waals surface area contributed by atoms with Crippen LogP contribution in [0.4, 0.5) is 0 Å². The standard InChI is InChI=1S/C16H15BrO4/c1-10(19)13-8-12(17)4-6-14(13)21-15-5-3-11(9-18)7-16(15)20-2/h3-8,18H,9H2,1-2H3. The predicted molar refractivity (Wildman–Crippen MR) is 83.1 cm³/mol. The zero-order valence-corrected chi connectivity index (χ0v) is 13.3.